The second kappa shape index (κ2) is 7.34. The van der Waals surface area contributed by atoms with E-state index in [4.69, 9.17) is 5.11 Å². The average Bonchev–Trinajstić information content (AvgIpc) is 2.99. The van der Waals surface area contributed by atoms with Crippen LogP contribution in [-0.2, 0) is 13.0 Å². The van der Waals surface area contributed by atoms with Crippen LogP contribution >= 0.6 is 0 Å². The van der Waals surface area contributed by atoms with E-state index >= 15 is 0 Å². The van der Waals surface area contributed by atoms with E-state index in [0.717, 1.165) is 50.6 Å². The highest BCUT2D eigenvalue weighted by Crippen LogP contribution is 2.30. The Bertz CT molecular complexity index is 543. The number of likely N-dealkylation sites (tertiary alicyclic amines) is 1. The first-order valence-corrected chi connectivity index (χ1v) is 8.97. The van der Waals surface area contributed by atoms with Gasteiger partial charge in [-0.2, -0.15) is 5.10 Å². The summed E-state index contributed by atoms with van der Waals surface area (Å²) in [5.41, 5.74) is 2.30. The Morgan fingerprint density at radius 1 is 1.39 bits per heavy atom. The lowest BCUT2D eigenvalue weighted by Crippen LogP contribution is -2.49. The minimum atomic E-state index is 0.0538. The van der Waals surface area contributed by atoms with Gasteiger partial charge in [-0.15, -0.1) is 0 Å². The van der Waals surface area contributed by atoms with Gasteiger partial charge in [-0.1, -0.05) is 6.92 Å². The smallest absolute Gasteiger partial charge is 0.318 e. The van der Waals surface area contributed by atoms with Gasteiger partial charge >= 0.3 is 6.03 Å². The van der Waals surface area contributed by atoms with Gasteiger partial charge in [0.1, 0.15) is 0 Å². The van der Waals surface area contributed by atoms with E-state index in [-0.39, 0.29) is 18.7 Å². The highest BCUT2D eigenvalue weighted by atomic mass is 16.3. The quantitative estimate of drug-likeness (QED) is 0.894. The van der Waals surface area contributed by atoms with E-state index in [1.807, 2.05) is 15.8 Å². The molecule has 0 unspecified atom stereocenters. The van der Waals surface area contributed by atoms with Crippen molar-refractivity contribution in [1.29, 1.82) is 0 Å². The van der Waals surface area contributed by atoms with E-state index in [1.54, 1.807) is 0 Å². The van der Waals surface area contributed by atoms with Gasteiger partial charge < -0.3 is 15.3 Å². The molecule has 2 aliphatic rings. The Hall–Kier alpha value is -1.56. The summed E-state index contributed by atoms with van der Waals surface area (Å²) < 4.78 is 1.88. The van der Waals surface area contributed by atoms with Crippen molar-refractivity contribution in [1.82, 2.24) is 20.0 Å². The normalized spacial score (nSPS) is 24.3. The molecule has 1 saturated heterocycles. The van der Waals surface area contributed by atoms with Crippen LogP contribution in [0.3, 0.4) is 0 Å². The number of amides is 2. The molecule has 2 N–H and O–H groups in total. The summed E-state index contributed by atoms with van der Waals surface area (Å²) in [6.07, 6.45) is 9.33. The van der Waals surface area contributed by atoms with Crippen LogP contribution in [-0.4, -0.2) is 45.0 Å². The van der Waals surface area contributed by atoms with Crippen molar-refractivity contribution >= 4 is 6.03 Å². The first kappa shape index (κ1) is 16.3. The predicted molar refractivity (Wildman–Crippen MR) is 88.2 cm³/mol. The number of carbonyl (C=O) groups is 1. The van der Waals surface area contributed by atoms with Crippen molar-refractivity contribution in [3.8, 4) is 0 Å². The van der Waals surface area contributed by atoms with E-state index in [2.05, 4.69) is 17.3 Å². The molecule has 23 heavy (non-hydrogen) atoms. The zero-order valence-corrected chi connectivity index (χ0v) is 14.0. The van der Waals surface area contributed by atoms with E-state index < -0.39 is 0 Å². The Balaban J connectivity index is 1.70. The summed E-state index contributed by atoms with van der Waals surface area (Å²) >= 11 is 0. The fourth-order valence-electron chi connectivity index (χ4n) is 3.98. The summed E-state index contributed by atoms with van der Waals surface area (Å²) in [5, 5.41) is 16.8. The van der Waals surface area contributed by atoms with Gasteiger partial charge in [0, 0.05) is 23.8 Å². The number of nitrogens with one attached hydrogen (secondary N) is 1. The molecule has 6 nitrogen and oxygen atoms in total. The zero-order chi connectivity index (χ0) is 16.2. The molecule has 6 heteroatoms. The number of rotatable bonds is 4. The molecule has 1 fully saturated rings. The summed E-state index contributed by atoms with van der Waals surface area (Å²) in [5.74, 6) is 0. The maximum atomic E-state index is 12.7. The molecule has 0 radical (unpaired) electrons. The molecule has 0 aromatic carbocycles. The molecule has 1 aromatic rings. The number of hydrogen-bond donors (Lipinski definition) is 2. The summed E-state index contributed by atoms with van der Waals surface area (Å²) in [7, 11) is 0. The van der Waals surface area contributed by atoms with Crippen LogP contribution in [0.2, 0.25) is 0 Å². The number of aliphatic hydroxyl groups excluding tert-OH is 1. The van der Waals surface area contributed by atoms with Gasteiger partial charge in [0.2, 0.25) is 0 Å². The largest absolute Gasteiger partial charge is 0.394 e. The summed E-state index contributed by atoms with van der Waals surface area (Å²) in [4.78, 5) is 14.7. The minimum Gasteiger partial charge on any atom is -0.394 e. The zero-order valence-electron chi connectivity index (χ0n) is 14.0. The number of carbonyl (C=O) groups excluding carboxylic acids is 1. The van der Waals surface area contributed by atoms with E-state index in [1.165, 1.54) is 12.1 Å². The maximum Gasteiger partial charge on any atom is 0.318 e. The molecular formula is C17H28N4O2. The summed E-state index contributed by atoms with van der Waals surface area (Å²) in [6, 6.07) is 0.506. The van der Waals surface area contributed by atoms with Crippen LogP contribution in [0.1, 0.15) is 62.7 Å². The van der Waals surface area contributed by atoms with E-state index in [9.17, 15) is 4.79 Å². The predicted octanol–water partition coefficient (Wildman–Crippen LogP) is 2.23. The van der Waals surface area contributed by atoms with Gasteiger partial charge in [-0.3, -0.25) is 4.68 Å². The Labute approximate surface area is 137 Å². The number of aliphatic hydroxyl groups is 1. The molecule has 0 bridgehead atoms. The molecule has 2 heterocycles. The summed E-state index contributed by atoms with van der Waals surface area (Å²) in [6.45, 7) is 3.65. The third-order valence-corrected chi connectivity index (χ3v) is 5.23. The third kappa shape index (κ3) is 3.37. The van der Waals surface area contributed by atoms with E-state index in [0.29, 0.717) is 12.6 Å². The average molecular weight is 320 g/mol. The molecule has 0 spiro atoms. The molecule has 2 amide bonds. The Kier molecular flexibility index (Phi) is 5.20. The lowest BCUT2D eigenvalue weighted by atomic mass is 9.93. The lowest BCUT2D eigenvalue weighted by Gasteiger charge is -2.36. The molecule has 1 aliphatic carbocycles. The highest BCUT2D eigenvalue weighted by molar-refractivity contribution is 5.75. The monoisotopic (exact) mass is 320 g/mol. The van der Waals surface area contributed by atoms with Crippen LogP contribution < -0.4 is 5.32 Å². The van der Waals surface area contributed by atoms with Crippen molar-refractivity contribution in [3.05, 3.63) is 17.5 Å². The van der Waals surface area contributed by atoms with Crippen LogP contribution in [0.4, 0.5) is 4.79 Å². The number of hydrogen-bond acceptors (Lipinski definition) is 3. The molecule has 128 valence electrons. The number of nitrogens with zero attached hydrogens (tertiary/aromatic N) is 3. The van der Waals surface area contributed by atoms with Gasteiger partial charge in [0.25, 0.3) is 0 Å². The van der Waals surface area contributed by atoms with Crippen LogP contribution in [0, 0.1) is 0 Å². The van der Waals surface area contributed by atoms with Gasteiger partial charge in [-0.25, -0.2) is 4.79 Å². The standard InChI is InChI=1S/C17H28N4O2/c1-2-13-6-3-4-9-20(13)17(23)19-15-7-5-8-16-14(15)12-18-21(16)10-11-22/h12-13,15,22H,2-11H2,1H3,(H,19,23)/t13-,15-/m0/s1. The van der Waals surface area contributed by atoms with Crippen molar-refractivity contribution in [2.24, 2.45) is 0 Å². The Morgan fingerprint density at radius 2 is 2.26 bits per heavy atom. The second-order valence-corrected chi connectivity index (χ2v) is 6.64. The lowest BCUT2D eigenvalue weighted by molar-refractivity contribution is 0.145. The van der Waals surface area contributed by atoms with Crippen molar-refractivity contribution < 1.29 is 9.90 Å². The number of fused-ring (bicyclic) bond motifs is 1. The highest BCUT2D eigenvalue weighted by Gasteiger charge is 2.30. The third-order valence-electron chi connectivity index (χ3n) is 5.23. The van der Waals surface area contributed by atoms with Gasteiger partial charge in [0.05, 0.1) is 25.4 Å². The fourth-order valence-corrected chi connectivity index (χ4v) is 3.98. The number of aromatic nitrogens is 2. The SMILES string of the molecule is CC[C@H]1CCCCN1C(=O)N[C@H]1CCCc2c1cnn2CCO. The Morgan fingerprint density at radius 3 is 3.04 bits per heavy atom. The minimum absolute atomic E-state index is 0.0538. The molecule has 0 saturated carbocycles. The first-order valence-electron chi connectivity index (χ1n) is 8.97. The number of urea groups is 1. The maximum absolute atomic E-state index is 12.7. The van der Waals surface area contributed by atoms with Gasteiger partial charge in [0.15, 0.2) is 0 Å². The van der Waals surface area contributed by atoms with Crippen molar-refractivity contribution in [2.45, 2.75) is 70.5 Å². The fraction of sp³-hybridized carbons (Fsp3) is 0.765. The second-order valence-electron chi connectivity index (χ2n) is 6.64. The molecular weight excluding hydrogens is 292 g/mol. The van der Waals surface area contributed by atoms with Crippen LogP contribution in [0.5, 0.6) is 0 Å². The first-order chi connectivity index (χ1) is 11.2. The van der Waals surface area contributed by atoms with Gasteiger partial charge in [-0.05, 0) is 44.9 Å². The molecule has 2 atom stereocenters. The van der Waals surface area contributed by atoms with Crippen molar-refractivity contribution in [3.63, 3.8) is 0 Å². The number of piperidine rings is 1. The molecule has 1 aromatic heterocycles. The van der Waals surface area contributed by atoms with Crippen LogP contribution in [0.25, 0.3) is 0 Å². The molecule has 3 rings (SSSR count). The van der Waals surface area contributed by atoms with Crippen LogP contribution in [0.15, 0.2) is 6.20 Å². The van der Waals surface area contributed by atoms with Crippen molar-refractivity contribution in [2.75, 3.05) is 13.2 Å². The molecule has 1 aliphatic heterocycles. The topological polar surface area (TPSA) is 70.4 Å².